The zero-order valence-corrected chi connectivity index (χ0v) is 12.4. The number of carbonyl (C=O) groups is 1. The molecular weight excluding hydrogens is 294 g/mol. The molecule has 21 heavy (non-hydrogen) atoms. The molecule has 1 fully saturated rings. The van der Waals surface area contributed by atoms with E-state index in [9.17, 15) is 9.59 Å². The largest absolute Gasteiger partial charge is 0.477 e. The smallest absolute Gasteiger partial charge is 0.341 e. The van der Waals surface area contributed by atoms with Crippen LogP contribution in [0.2, 0.25) is 0 Å². The van der Waals surface area contributed by atoms with Crippen molar-refractivity contribution in [3.8, 4) is 0 Å². The predicted molar refractivity (Wildman–Crippen MR) is 79.5 cm³/mol. The Morgan fingerprint density at radius 2 is 2.19 bits per heavy atom. The molecule has 3 rings (SSSR count). The number of anilines is 1. The first-order chi connectivity index (χ1) is 10.1. The molecule has 7 nitrogen and oxygen atoms in total. The third-order valence-electron chi connectivity index (χ3n) is 3.46. The van der Waals surface area contributed by atoms with Crippen molar-refractivity contribution in [1.82, 2.24) is 9.55 Å². The number of hydrogen-bond acceptors (Lipinski definition) is 6. The number of aromatic nitrogens is 2. The van der Waals surface area contributed by atoms with Gasteiger partial charge in [0.05, 0.1) is 13.2 Å². The minimum absolute atomic E-state index is 0.207. The van der Waals surface area contributed by atoms with Crippen LogP contribution in [-0.2, 0) is 11.3 Å². The monoisotopic (exact) mass is 309 g/mol. The van der Waals surface area contributed by atoms with E-state index >= 15 is 0 Å². The minimum Gasteiger partial charge on any atom is -0.477 e. The topological polar surface area (TPSA) is 84.7 Å². The van der Waals surface area contributed by atoms with Gasteiger partial charge in [-0.3, -0.25) is 4.79 Å². The van der Waals surface area contributed by atoms with Crippen molar-refractivity contribution in [2.75, 3.05) is 31.2 Å². The molecule has 1 aliphatic heterocycles. The van der Waals surface area contributed by atoms with Gasteiger partial charge in [-0.2, -0.15) is 0 Å². The van der Waals surface area contributed by atoms with Crippen LogP contribution in [0, 0.1) is 0 Å². The summed E-state index contributed by atoms with van der Waals surface area (Å²) in [6.45, 7) is 5.17. The number of morpholine rings is 1. The maximum Gasteiger partial charge on any atom is 0.341 e. The van der Waals surface area contributed by atoms with E-state index in [2.05, 4.69) is 9.88 Å². The van der Waals surface area contributed by atoms with Crippen LogP contribution in [0.15, 0.2) is 11.0 Å². The number of rotatable bonds is 3. The molecule has 0 atom stereocenters. The standard InChI is InChI=1S/C13H15N3O4S/c1-2-15-7-8(12(18)19)9(17)10-11(15)14-13(21-10)16-3-5-20-6-4-16/h7H,2-6H2,1H3,(H,18,19). The third kappa shape index (κ3) is 2.40. The molecule has 1 aliphatic rings. The van der Waals surface area contributed by atoms with E-state index in [1.165, 1.54) is 17.5 Å². The number of carboxylic acids is 1. The van der Waals surface area contributed by atoms with Gasteiger partial charge in [0.15, 0.2) is 10.8 Å². The summed E-state index contributed by atoms with van der Waals surface area (Å²) in [5, 5.41) is 9.89. The quantitative estimate of drug-likeness (QED) is 0.911. The Morgan fingerprint density at radius 3 is 2.81 bits per heavy atom. The Balaban J connectivity index is 2.17. The molecule has 3 heterocycles. The van der Waals surface area contributed by atoms with Crippen LogP contribution in [0.25, 0.3) is 10.3 Å². The maximum absolute atomic E-state index is 12.3. The van der Waals surface area contributed by atoms with E-state index in [0.29, 0.717) is 30.1 Å². The summed E-state index contributed by atoms with van der Waals surface area (Å²) >= 11 is 1.25. The highest BCUT2D eigenvalue weighted by atomic mass is 32.1. The fraction of sp³-hybridized carbons (Fsp3) is 0.462. The average Bonchev–Trinajstić information content (AvgIpc) is 2.94. The number of thiazole rings is 1. The number of ether oxygens (including phenoxy) is 1. The Hall–Kier alpha value is -1.93. The van der Waals surface area contributed by atoms with E-state index in [4.69, 9.17) is 9.84 Å². The lowest BCUT2D eigenvalue weighted by Crippen LogP contribution is -2.36. The Bertz CT molecular complexity index is 746. The normalized spacial score (nSPS) is 15.6. The van der Waals surface area contributed by atoms with Crippen LogP contribution >= 0.6 is 11.3 Å². The number of aromatic carboxylic acids is 1. The second kappa shape index (κ2) is 5.45. The van der Waals surface area contributed by atoms with Crippen molar-refractivity contribution < 1.29 is 14.6 Å². The van der Waals surface area contributed by atoms with Crippen molar-refractivity contribution in [3.05, 3.63) is 22.0 Å². The Kier molecular flexibility index (Phi) is 3.64. The van der Waals surface area contributed by atoms with Gasteiger partial charge >= 0.3 is 5.97 Å². The molecule has 0 saturated carbocycles. The second-order valence-corrected chi connectivity index (χ2v) is 5.69. The van der Waals surface area contributed by atoms with Crippen molar-refractivity contribution >= 4 is 32.8 Å². The molecule has 0 aromatic carbocycles. The van der Waals surface area contributed by atoms with Crippen molar-refractivity contribution in [3.63, 3.8) is 0 Å². The van der Waals surface area contributed by atoms with E-state index in [1.54, 1.807) is 4.57 Å². The first kappa shape index (κ1) is 14.0. The van der Waals surface area contributed by atoms with Crippen molar-refractivity contribution in [2.24, 2.45) is 0 Å². The Morgan fingerprint density at radius 1 is 1.48 bits per heavy atom. The molecule has 0 aliphatic carbocycles. The molecule has 0 amide bonds. The first-order valence-electron chi connectivity index (χ1n) is 6.71. The lowest BCUT2D eigenvalue weighted by Gasteiger charge is -2.25. The number of fused-ring (bicyclic) bond motifs is 1. The van der Waals surface area contributed by atoms with E-state index in [-0.39, 0.29) is 5.56 Å². The third-order valence-corrected chi connectivity index (χ3v) is 4.56. The number of carboxylic acid groups (broad SMARTS) is 1. The Labute approximate surface area is 124 Å². The molecule has 2 aromatic rings. The van der Waals surface area contributed by atoms with Crippen LogP contribution in [0.1, 0.15) is 17.3 Å². The fourth-order valence-electron chi connectivity index (χ4n) is 2.32. The molecule has 0 spiro atoms. The molecule has 0 radical (unpaired) electrons. The summed E-state index contributed by atoms with van der Waals surface area (Å²) in [5.41, 5.74) is -0.111. The molecule has 0 bridgehead atoms. The number of pyridine rings is 1. The number of hydrogen-bond donors (Lipinski definition) is 1. The van der Waals surface area contributed by atoms with Crippen molar-refractivity contribution in [2.45, 2.75) is 13.5 Å². The van der Waals surface area contributed by atoms with Crippen LogP contribution in [0.3, 0.4) is 0 Å². The maximum atomic E-state index is 12.3. The molecule has 112 valence electrons. The van der Waals surface area contributed by atoms with Gasteiger partial charge in [-0.1, -0.05) is 11.3 Å². The van der Waals surface area contributed by atoms with Crippen LogP contribution in [0.5, 0.6) is 0 Å². The van der Waals surface area contributed by atoms with E-state index in [0.717, 1.165) is 18.2 Å². The molecular formula is C13H15N3O4S. The SMILES string of the molecule is CCn1cc(C(=O)O)c(=O)c2sc(N3CCOCC3)nc21. The second-order valence-electron chi connectivity index (χ2n) is 4.71. The number of nitrogens with zero attached hydrogens (tertiary/aromatic N) is 3. The predicted octanol–water partition coefficient (Wildman–Crippen LogP) is 1.01. The number of aryl methyl sites for hydroxylation is 1. The summed E-state index contributed by atoms with van der Waals surface area (Å²) in [4.78, 5) is 30.0. The highest BCUT2D eigenvalue weighted by Gasteiger charge is 2.21. The summed E-state index contributed by atoms with van der Waals surface area (Å²) in [6.07, 6.45) is 1.37. The van der Waals surface area contributed by atoms with Gasteiger partial charge in [0.1, 0.15) is 10.3 Å². The van der Waals surface area contributed by atoms with Gasteiger partial charge in [-0.05, 0) is 6.92 Å². The fourth-order valence-corrected chi connectivity index (χ4v) is 3.41. The highest BCUT2D eigenvalue weighted by molar-refractivity contribution is 7.22. The molecule has 2 aromatic heterocycles. The summed E-state index contributed by atoms with van der Waals surface area (Å²) < 4.78 is 7.42. The van der Waals surface area contributed by atoms with Crippen LogP contribution < -0.4 is 10.3 Å². The zero-order valence-electron chi connectivity index (χ0n) is 11.5. The highest BCUT2D eigenvalue weighted by Crippen LogP contribution is 2.27. The molecule has 8 heteroatoms. The molecule has 1 N–H and O–H groups in total. The first-order valence-corrected chi connectivity index (χ1v) is 7.53. The van der Waals surface area contributed by atoms with Gasteiger partial charge in [0.25, 0.3) is 0 Å². The minimum atomic E-state index is -1.20. The van der Waals surface area contributed by atoms with Crippen LogP contribution in [0.4, 0.5) is 5.13 Å². The van der Waals surface area contributed by atoms with E-state index in [1.807, 2.05) is 6.92 Å². The molecule has 1 saturated heterocycles. The lowest BCUT2D eigenvalue weighted by molar-refractivity contribution is 0.0695. The van der Waals surface area contributed by atoms with E-state index < -0.39 is 11.4 Å². The molecule has 0 unspecified atom stereocenters. The van der Waals surface area contributed by atoms with Gasteiger partial charge in [-0.25, -0.2) is 9.78 Å². The summed E-state index contributed by atoms with van der Waals surface area (Å²) in [7, 11) is 0. The van der Waals surface area contributed by atoms with Gasteiger partial charge in [-0.15, -0.1) is 0 Å². The lowest BCUT2D eigenvalue weighted by atomic mass is 10.2. The van der Waals surface area contributed by atoms with Crippen LogP contribution in [-0.4, -0.2) is 46.9 Å². The van der Waals surface area contributed by atoms with Gasteiger partial charge in [0, 0.05) is 25.8 Å². The zero-order chi connectivity index (χ0) is 15.0. The van der Waals surface area contributed by atoms with Gasteiger partial charge in [0.2, 0.25) is 5.43 Å². The average molecular weight is 309 g/mol. The van der Waals surface area contributed by atoms with Gasteiger partial charge < -0.3 is 19.3 Å². The summed E-state index contributed by atoms with van der Waals surface area (Å²) in [6, 6.07) is 0. The summed E-state index contributed by atoms with van der Waals surface area (Å²) in [5.74, 6) is -1.20. The van der Waals surface area contributed by atoms with Crippen molar-refractivity contribution in [1.29, 1.82) is 0 Å².